The van der Waals surface area contributed by atoms with Gasteiger partial charge in [0.15, 0.2) is 0 Å². The maximum absolute atomic E-state index is 11.1. The number of methoxy groups -OCH3 is 1. The Hall–Kier alpha value is -3.26. The average Bonchev–Trinajstić information content (AvgIpc) is 3.25. The molecule has 8 heteroatoms. The third-order valence-corrected chi connectivity index (χ3v) is 5.74. The van der Waals surface area contributed by atoms with E-state index in [2.05, 4.69) is 5.32 Å². The summed E-state index contributed by atoms with van der Waals surface area (Å²) in [5, 5.41) is 24.7. The molecule has 3 aromatic carbocycles. The predicted octanol–water partition coefficient (Wildman–Crippen LogP) is 4.91. The Balaban J connectivity index is 1.72. The van der Waals surface area contributed by atoms with Crippen molar-refractivity contribution in [3.05, 3.63) is 110 Å². The van der Waals surface area contributed by atoms with Crippen molar-refractivity contribution in [2.75, 3.05) is 7.11 Å². The molecule has 0 amide bonds. The number of ether oxygens (including phenoxy) is 1. The first kappa shape index (κ1) is 22.0. The Bertz CT molecular complexity index is 1130. The van der Waals surface area contributed by atoms with E-state index >= 15 is 0 Å². The summed E-state index contributed by atoms with van der Waals surface area (Å²) in [5.41, 5.74) is 3.51. The summed E-state index contributed by atoms with van der Waals surface area (Å²) in [6.45, 7) is -0.0665. The molecule has 1 aliphatic rings. The minimum atomic E-state index is -0.459. The fourth-order valence-corrected chi connectivity index (χ4v) is 4.03. The number of nitro groups is 1. The second kappa shape index (κ2) is 9.48. The highest BCUT2D eigenvalue weighted by Crippen LogP contribution is 2.39. The second-order valence-corrected chi connectivity index (χ2v) is 7.94. The first-order chi connectivity index (χ1) is 15.5. The number of benzene rings is 3. The molecule has 4 rings (SSSR count). The largest absolute Gasteiger partial charge is 0.392 e. The van der Waals surface area contributed by atoms with Gasteiger partial charge in [-0.1, -0.05) is 60.1 Å². The van der Waals surface area contributed by atoms with E-state index in [4.69, 9.17) is 21.3 Å². The lowest BCUT2D eigenvalue weighted by atomic mass is 9.94. The molecule has 0 saturated heterocycles. The Kier molecular flexibility index (Phi) is 6.50. The Morgan fingerprint density at radius 2 is 1.81 bits per heavy atom. The third kappa shape index (κ3) is 4.50. The standard InChI is InChI=1S/C24H22ClN3O4/c1-32-23(18-4-2-3-15(13-18)14-29)24-26-21(16-5-9-19(25)10-6-16)22(27-24)17-7-11-20(12-8-17)28(30)31/h2-13,21-23,29H,14H2,1H3,(H,26,27). The van der Waals surface area contributed by atoms with Gasteiger partial charge in [-0.15, -0.1) is 0 Å². The molecule has 3 aromatic rings. The van der Waals surface area contributed by atoms with E-state index in [9.17, 15) is 15.2 Å². The molecular formula is C24H22ClN3O4. The van der Waals surface area contributed by atoms with Crippen LogP contribution in [0.4, 0.5) is 5.69 Å². The first-order valence-electron chi connectivity index (χ1n) is 10.1. The minimum absolute atomic E-state index is 0.0338. The highest BCUT2D eigenvalue weighted by Gasteiger charge is 2.35. The number of aliphatic imine (C=N–C) groups is 1. The molecule has 1 aliphatic heterocycles. The van der Waals surface area contributed by atoms with Crippen LogP contribution in [0.15, 0.2) is 77.8 Å². The highest BCUT2D eigenvalue weighted by atomic mass is 35.5. The van der Waals surface area contributed by atoms with Crippen LogP contribution in [0.1, 0.15) is 40.4 Å². The summed E-state index contributed by atoms with van der Waals surface area (Å²) in [5.74, 6) is 0.644. The van der Waals surface area contributed by atoms with Gasteiger partial charge in [0.2, 0.25) is 0 Å². The summed E-state index contributed by atoms with van der Waals surface area (Å²) in [7, 11) is 1.61. The van der Waals surface area contributed by atoms with Crippen LogP contribution in [0.3, 0.4) is 0 Å². The van der Waals surface area contributed by atoms with Gasteiger partial charge in [-0.05, 0) is 34.4 Å². The van der Waals surface area contributed by atoms with Crippen molar-refractivity contribution < 1.29 is 14.8 Å². The smallest absolute Gasteiger partial charge is 0.269 e. The van der Waals surface area contributed by atoms with Crippen molar-refractivity contribution in [3.63, 3.8) is 0 Å². The maximum atomic E-state index is 11.1. The number of nitrogens with one attached hydrogen (secondary N) is 1. The van der Waals surface area contributed by atoms with Crippen molar-refractivity contribution in [3.8, 4) is 0 Å². The number of nitro benzene ring substituents is 1. The quantitative estimate of drug-likeness (QED) is 0.393. The van der Waals surface area contributed by atoms with Gasteiger partial charge in [0.1, 0.15) is 18.0 Å². The molecule has 0 spiro atoms. The number of rotatable bonds is 7. The molecule has 0 fully saturated rings. The Morgan fingerprint density at radius 1 is 1.12 bits per heavy atom. The van der Waals surface area contributed by atoms with E-state index in [1.807, 2.05) is 48.5 Å². The van der Waals surface area contributed by atoms with Crippen molar-refractivity contribution in [1.29, 1.82) is 0 Å². The van der Waals surface area contributed by atoms with Crippen LogP contribution >= 0.6 is 11.6 Å². The molecule has 1 heterocycles. The van der Waals surface area contributed by atoms with Gasteiger partial charge in [0.25, 0.3) is 5.69 Å². The molecule has 0 aliphatic carbocycles. The number of nitrogens with zero attached hydrogens (tertiary/aromatic N) is 2. The van der Waals surface area contributed by atoms with Crippen molar-refractivity contribution in [1.82, 2.24) is 5.32 Å². The Morgan fingerprint density at radius 3 is 2.44 bits per heavy atom. The lowest BCUT2D eigenvalue weighted by Crippen LogP contribution is -2.30. The van der Waals surface area contributed by atoms with Gasteiger partial charge >= 0.3 is 0 Å². The van der Waals surface area contributed by atoms with Crippen LogP contribution in [0, 0.1) is 10.1 Å². The highest BCUT2D eigenvalue weighted by molar-refractivity contribution is 6.30. The lowest BCUT2D eigenvalue weighted by Gasteiger charge is -2.21. The predicted molar refractivity (Wildman–Crippen MR) is 123 cm³/mol. The zero-order valence-corrected chi connectivity index (χ0v) is 18.1. The number of amidine groups is 1. The molecular weight excluding hydrogens is 430 g/mol. The van der Waals surface area contributed by atoms with Gasteiger partial charge in [-0.3, -0.25) is 15.1 Å². The number of aliphatic hydroxyl groups is 1. The van der Waals surface area contributed by atoms with Crippen molar-refractivity contribution >= 4 is 23.1 Å². The minimum Gasteiger partial charge on any atom is -0.392 e. The molecule has 7 nitrogen and oxygen atoms in total. The number of hydrogen-bond donors (Lipinski definition) is 2. The summed E-state index contributed by atoms with van der Waals surface area (Å²) in [4.78, 5) is 15.6. The molecule has 3 unspecified atom stereocenters. The van der Waals surface area contributed by atoms with Crippen LogP contribution in [-0.2, 0) is 11.3 Å². The zero-order chi connectivity index (χ0) is 22.7. The molecule has 164 valence electrons. The van der Waals surface area contributed by atoms with Gasteiger partial charge in [0, 0.05) is 24.3 Å². The van der Waals surface area contributed by atoms with Crippen LogP contribution in [0.25, 0.3) is 0 Å². The number of non-ortho nitro benzene ring substituents is 1. The third-order valence-electron chi connectivity index (χ3n) is 5.49. The SMILES string of the molecule is COC(C1=NC(c2ccc(Cl)cc2)C(c2ccc([N+](=O)[O-])cc2)N1)c1cccc(CO)c1. The lowest BCUT2D eigenvalue weighted by molar-refractivity contribution is -0.384. The second-order valence-electron chi connectivity index (χ2n) is 7.50. The molecule has 2 N–H and O–H groups in total. The topological polar surface area (TPSA) is 97.0 Å². The first-order valence-corrected chi connectivity index (χ1v) is 10.4. The van der Waals surface area contributed by atoms with E-state index in [-0.39, 0.29) is 24.4 Å². The number of halogens is 1. The van der Waals surface area contributed by atoms with Gasteiger partial charge in [-0.25, -0.2) is 0 Å². The van der Waals surface area contributed by atoms with Crippen LogP contribution < -0.4 is 5.32 Å². The van der Waals surface area contributed by atoms with Crippen LogP contribution in [0.2, 0.25) is 5.02 Å². The normalized spacial score (nSPS) is 18.7. The Labute approximate surface area is 190 Å². The van der Waals surface area contributed by atoms with E-state index in [0.717, 1.165) is 22.3 Å². The molecule has 0 bridgehead atoms. The molecule has 32 heavy (non-hydrogen) atoms. The van der Waals surface area contributed by atoms with Gasteiger partial charge < -0.3 is 15.2 Å². The van der Waals surface area contributed by atoms with Crippen molar-refractivity contribution in [2.24, 2.45) is 4.99 Å². The zero-order valence-electron chi connectivity index (χ0n) is 17.3. The average molecular weight is 452 g/mol. The van der Waals surface area contributed by atoms with E-state index < -0.39 is 11.0 Å². The summed E-state index contributed by atoms with van der Waals surface area (Å²) in [6, 6.07) is 20.9. The van der Waals surface area contributed by atoms with Crippen molar-refractivity contribution in [2.45, 2.75) is 24.8 Å². The summed E-state index contributed by atoms with van der Waals surface area (Å²) in [6.07, 6.45) is -0.459. The fraction of sp³-hybridized carbons (Fsp3) is 0.208. The number of aliphatic hydroxyl groups excluding tert-OH is 1. The fourth-order valence-electron chi connectivity index (χ4n) is 3.90. The molecule has 3 atom stereocenters. The summed E-state index contributed by atoms with van der Waals surface area (Å²) >= 11 is 6.07. The van der Waals surface area contributed by atoms with Crippen LogP contribution in [0.5, 0.6) is 0 Å². The number of hydrogen-bond acceptors (Lipinski definition) is 6. The summed E-state index contributed by atoms with van der Waals surface area (Å²) < 4.78 is 5.77. The van der Waals surface area contributed by atoms with Crippen LogP contribution in [-0.4, -0.2) is 23.0 Å². The van der Waals surface area contributed by atoms with Gasteiger partial charge in [-0.2, -0.15) is 0 Å². The monoisotopic (exact) mass is 451 g/mol. The molecule has 0 aromatic heterocycles. The van der Waals surface area contributed by atoms with E-state index in [0.29, 0.717) is 10.9 Å². The maximum Gasteiger partial charge on any atom is 0.269 e. The molecule has 0 radical (unpaired) electrons. The molecule has 0 saturated carbocycles. The van der Waals surface area contributed by atoms with E-state index in [1.165, 1.54) is 12.1 Å². The van der Waals surface area contributed by atoms with E-state index in [1.54, 1.807) is 19.2 Å². The van der Waals surface area contributed by atoms with Gasteiger partial charge in [0.05, 0.1) is 17.6 Å².